The maximum atomic E-state index is 11.0. The first-order valence-electron chi connectivity index (χ1n) is 5.14. The third-order valence-electron chi connectivity index (χ3n) is 2.21. The molecule has 1 rings (SSSR count). The topological polar surface area (TPSA) is 35.5 Å². The molecule has 0 bridgehead atoms. The van der Waals surface area contributed by atoms with E-state index in [0.717, 1.165) is 5.56 Å². The predicted molar refractivity (Wildman–Crippen MR) is 68.0 cm³/mol. The summed E-state index contributed by atoms with van der Waals surface area (Å²) in [5, 5.41) is 0.886. The molecular weight excluding hydrogens is 263 g/mol. The highest BCUT2D eigenvalue weighted by atomic mass is 35.5. The molecule has 0 amide bonds. The van der Waals surface area contributed by atoms with E-state index in [2.05, 4.69) is 0 Å². The van der Waals surface area contributed by atoms with Crippen LogP contribution in [0.25, 0.3) is 0 Å². The Morgan fingerprint density at radius 3 is 2.65 bits per heavy atom. The van der Waals surface area contributed by atoms with Crippen LogP contribution >= 0.6 is 23.2 Å². The van der Waals surface area contributed by atoms with Crippen LogP contribution in [0.3, 0.4) is 0 Å². The molecule has 0 aliphatic rings. The van der Waals surface area contributed by atoms with Gasteiger partial charge in [-0.2, -0.15) is 0 Å². The number of halogens is 2. The zero-order valence-corrected chi connectivity index (χ0v) is 11.3. The average molecular weight is 277 g/mol. The number of Topliss-reactive ketones (excluding diaryl/α,β-unsaturated/α-hetero) is 1. The molecule has 0 N–H and O–H groups in total. The van der Waals surface area contributed by atoms with Gasteiger partial charge in [-0.3, -0.25) is 0 Å². The monoisotopic (exact) mass is 276 g/mol. The Kier molecular flexibility index (Phi) is 5.75. The molecule has 0 aliphatic carbocycles. The lowest BCUT2D eigenvalue weighted by atomic mass is 10.1. The van der Waals surface area contributed by atoms with Crippen LogP contribution in [0.15, 0.2) is 12.1 Å². The van der Waals surface area contributed by atoms with E-state index in [4.69, 9.17) is 32.7 Å². The molecule has 0 saturated heterocycles. The second kappa shape index (κ2) is 6.84. The summed E-state index contributed by atoms with van der Waals surface area (Å²) in [6, 6.07) is 3.38. The van der Waals surface area contributed by atoms with Gasteiger partial charge in [0.1, 0.15) is 11.5 Å². The molecule has 0 saturated carbocycles. The number of hydrogen-bond donors (Lipinski definition) is 0. The summed E-state index contributed by atoms with van der Waals surface area (Å²) in [6.45, 7) is 1.67. The first kappa shape index (κ1) is 14.3. The average Bonchev–Trinajstić information content (AvgIpc) is 2.29. The van der Waals surface area contributed by atoms with Crippen LogP contribution in [0.4, 0.5) is 0 Å². The minimum absolute atomic E-state index is 0.0960. The van der Waals surface area contributed by atoms with Crippen LogP contribution in [0.2, 0.25) is 10.0 Å². The Morgan fingerprint density at radius 1 is 1.35 bits per heavy atom. The Labute approximate surface area is 111 Å². The number of rotatable bonds is 6. The van der Waals surface area contributed by atoms with Crippen LogP contribution < -0.4 is 4.74 Å². The van der Waals surface area contributed by atoms with Crippen molar-refractivity contribution in [1.82, 2.24) is 0 Å². The number of ether oxygens (including phenoxy) is 2. The number of ketones is 1. The van der Waals surface area contributed by atoms with Gasteiger partial charge in [0.2, 0.25) is 0 Å². The predicted octanol–water partition coefficient (Wildman–Crippen LogP) is 3.50. The van der Waals surface area contributed by atoms with Gasteiger partial charge in [-0.05, 0) is 25.5 Å². The van der Waals surface area contributed by atoms with E-state index in [-0.39, 0.29) is 12.6 Å². The lowest BCUT2D eigenvalue weighted by Gasteiger charge is -2.12. The molecule has 3 nitrogen and oxygen atoms in total. The molecule has 0 aromatic heterocycles. The third kappa shape index (κ3) is 4.19. The van der Waals surface area contributed by atoms with E-state index in [9.17, 15) is 4.79 Å². The van der Waals surface area contributed by atoms with Crippen LogP contribution in [0.5, 0.6) is 5.75 Å². The molecule has 0 heterocycles. The highest BCUT2D eigenvalue weighted by molar-refractivity contribution is 6.42. The molecule has 1 aromatic carbocycles. The lowest BCUT2D eigenvalue weighted by molar-refractivity contribution is -0.116. The van der Waals surface area contributed by atoms with Gasteiger partial charge in [-0.1, -0.05) is 23.2 Å². The summed E-state index contributed by atoms with van der Waals surface area (Å²) in [5.74, 6) is 0.696. The Bertz CT molecular complexity index is 405. The van der Waals surface area contributed by atoms with E-state index in [1.807, 2.05) is 0 Å². The molecule has 0 fully saturated rings. The van der Waals surface area contributed by atoms with Crippen molar-refractivity contribution in [2.75, 3.05) is 13.9 Å². The standard InChI is InChI=1S/C12H14Cl2O3/c1-8(15)3-4-9-11(17-7-16-2)6-5-10(13)12(9)14/h5-6H,3-4,7H2,1-2H3. The van der Waals surface area contributed by atoms with Crippen molar-refractivity contribution in [2.45, 2.75) is 19.8 Å². The molecule has 0 spiro atoms. The highest BCUT2D eigenvalue weighted by Gasteiger charge is 2.12. The molecule has 0 unspecified atom stereocenters. The molecule has 5 heteroatoms. The van der Waals surface area contributed by atoms with Gasteiger partial charge in [-0.25, -0.2) is 0 Å². The van der Waals surface area contributed by atoms with Gasteiger partial charge in [0.25, 0.3) is 0 Å². The van der Waals surface area contributed by atoms with Gasteiger partial charge in [0.05, 0.1) is 10.0 Å². The third-order valence-corrected chi connectivity index (χ3v) is 3.06. The fourth-order valence-corrected chi connectivity index (χ4v) is 1.79. The fourth-order valence-electron chi connectivity index (χ4n) is 1.37. The smallest absolute Gasteiger partial charge is 0.188 e. The summed E-state index contributed by atoms with van der Waals surface area (Å²) in [5.41, 5.74) is 0.742. The molecule has 0 aliphatic heterocycles. The number of hydrogen-bond acceptors (Lipinski definition) is 3. The molecular formula is C12H14Cl2O3. The molecule has 0 atom stereocenters. The van der Waals surface area contributed by atoms with E-state index < -0.39 is 0 Å². The first-order chi connectivity index (χ1) is 8.06. The van der Waals surface area contributed by atoms with E-state index in [1.165, 1.54) is 14.0 Å². The largest absolute Gasteiger partial charge is 0.467 e. The second-order valence-electron chi connectivity index (χ2n) is 3.59. The summed E-state index contributed by atoms with van der Waals surface area (Å²) >= 11 is 12.0. The Hall–Kier alpha value is -0.770. The number of methoxy groups -OCH3 is 1. The molecule has 0 radical (unpaired) electrons. The summed E-state index contributed by atoms with van der Waals surface area (Å²) in [7, 11) is 1.53. The lowest BCUT2D eigenvalue weighted by Crippen LogP contribution is -2.04. The number of benzene rings is 1. The van der Waals surface area contributed by atoms with Crippen molar-refractivity contribution < 1.29 is 14.3 Å². The molecule has 94 valence electrons. The zero-order chi connectivity index (χ0) is 12.8. The SMILES string of the molecule is COCOc1ccc(Cl)c(Cl)c1CCC(C)=O. The normalized spacial score (nSPS) is 10.4. The van der Waals surface area contributed by atoms with Gasteiger partial charge in [0.15, 0.2) is 6.79 Å². The number of carbonyl (C=O) groups excluding carboxylic acids is 1. The summed E-state index contributed by atoms with van der Waals surface area (Å²) in [4.78, 5) is 11.0. The van der Waals surface area contributed by atoms with Gasteiger partial charge >= 0.3 is 0 Å². The molecule has 17 heavy (non-hydrogen) atoms. The van der Waals surface area contributed by atoms with Crippen molar-refractivity contribution in [1.29, 1.82) is 0 Å². The minimum Gasteiger partial charge on any atom is -0.467 e. The van der Waals surface area contributed by atoms with Crippen LogP contribution in [0.1, 0.15) is 18.9 Å². The highest BCUT2D eigenvalue weighted by Crippen LogP contribution is 2.34. The van der Waals surface area contributed by atoms with Crippen molar-refractivity contribution in [2.24, 2.45) is 0 Å². The van der Waals surface area contributed by atoms with Gasteiger partial charge in [-0.15, -0.1) is 0 Å². The Balaban J connectivity index is 2.94. The van der Waals surface area contributed by atoms with Crippen molar-refractivity contribution >= 4 is 29.0 Å². The van der Waals surface area contributed by atoms with Crippen molar-refractivity contribution in [3.8, 4) is 5.75 Å². The quantitative estimate of drug-likeness (QED) is 0.746. The number of carbonyl (C=O) groups is 1. The maximum absolute atomic E-state index is 11.0. The van der Waals surface area contributed by atoms with E-state index in [1.54, 1.807) is 12.1 Å². The first-order valence-corrected chi connectivity index (χ1v) is 5.90. The molecule has 1 aromatic rings. The second-order valence-corrected chi connectivity index (χ2v) is 4.38. The van der Waals surface area contributed by atoms with Crippen molar-refractivity contribution in [3.05, 3.63) is 27.7 Å². The zero-order valence-electron chi connectivity index (χ0n) is 9.76. The van der Waals surface area contributed by atoms with Crippen molar-refractivity contribution in [3.63, 3.8) is 0 Å². The fraction of sp³-hybridized carbons (Fsp3) is 0.417. The van der Waals surface area contributed by atoms with E-state index in [0.29, 0.717) is 28.6 Å². The van der Waals surface area contributed by atoms with E-state index >= 15 is 0 Å². The van der Waals surface area contributed by atoms with Crippen LogP contribution in [0, 0.1) is 0 Å². The van der Waals surface area contributed by atoms with Crippen LogP contribution in [-0.4, -0.2) is 19.7 Å². The minimum atomic E-state index is 0.0960. The summed E-state index contributed by atoms with van der Waals surface area (Å²) in [6.07, 6.45) is 0.914. The Morgan fingerprint density at radius 2 is 2.06 bits per heavy atom. The maximum Gasteiger partial charge on any atom is 0.188 e. The van der Waals surface area contributed by atoms with Gasteiger partial charge in [0, 0.05) is 19.1 Å². The van der Waals surface area contributed by atoms with Crippen LogP contribution in [-0.2, 0) is 16.0 Å². The van der Waals surface area contributed by atoms with Gasteiger partial charge < -0.3 is 14.3 Å². The summed E-state index contributed by atoms with van der Waals surface area (Å²) < 4.78 is 10.2.